The van der Waals surface area contributed by atoms with Gasteiger partial charge in [-0.15, -0.1) is 11.3 Å². The topological polar surface area (TPSA) is 121 Å². The van der Waals surface area contributed by atoms with E-state index in [4.69, 9.17) is 19.4 Å². The molecule has 1 saturated heterocycles. The monoisotopic (exact) mass is 548 g/mol. The van der Waals surface area contributed by atoms with Crippen molar-refractivity contribution in [2.75, 3.05) is 43.1 Å². The lowest BCUT2D eigenvalue weighted by molar-refractivity contribution is 0.0528. The molecule has 1 fully saturated rings. The molecule has 3 N–H and O–H groups in total. The van der Waals surface area contributed by atoms with Crippen LogP contribution in [0.25, 0.3) is 22.2 Å². The number of carbonyl (C=O) groups is 1. The number of nitrogens with one attached hydrogen (secondary N) is 3. The van der Waals surface area contributed by atoms with Crippen molar-refractivity contribution in [3.63, 3.8) is 0 Å². The number of aromatic amines is 1. The van der Waals surface area contributed by atoms with Crippen molar-refractivity contribution in [2.24, 2.45) is 0 Å². The molecule has 0 spiro atoms. The largest absolute Gasteiger partial charge is 0.444 e. The van der Waals surface area contributed by atoms with E-state index in [0.717, 1.165) is 48.1 Å². The summed E-state index contributed by atoms with van der Waals surface area (Å²) in [6, 6.07) is 11.8. The summed E-state index contributed by atoms with van der Waals surface area (Å²) >= 11 is 1.50. The fourth-order valence-electron chi connectivity index (χ4n) is 4.28. The number of rotatable bonds is 7. The van der Waals surface area contributed by atoms with Gasteiger partial charge in [0.15, 0.2) is 0 Å². The van der Waals surface area contributed by atoms with E-state index in [9.17, 15) is 9.59 Å². The van der Waals surface area contributed by atoms with E-state index in [1.54, 1.807) is 6.20 Å². The van der Waals surface area contributed by atoms with E-state index in [2.05, 4.69) is 32.7 Å². The highest BCUT2D eigenvalue weighted by molar-refractivity contribution is 7.09. The number of ether oxygens (including phenoxy) is 2. The van der Waals surface area contributed by atoms with Crippen LogP contribution in [0.5, 0.6) is 0 Å². The lowest BCUT2D eigenvalue weighted by Crippen LogP contribution is -2.36. The number of aromatic nitrogens is 3. The van der Waals surface area contributed by atoms with E-state index in [-0.39, 0.29) is 5.56 Å². The molecule has 1 amide bonds. The van der Waals surface area contributed by atoms with Gasteiger partial charge in [-0.2, -0.15) is 0 Å². The number of hydrogen-bond donors (Lipinski definition) is 3. The number of carbonyl (C=O) groups excluding carboxylic acids is 1. The van der Waals surface area contributed by atoms with Crippen LogP contribution in [0.4, 0.5) is 22.0 Å². The van der Waals surface area contributed by atoms with Crippen molar-refractivity contribution >= 4 is 45.4 Å². The van der Waals surface area contributed by atoms with Crippen LogP contribution in [0.3, 0.4) is 0 Å². The maximum atomic E-state index is 12.7. The summed E-state index contributed by atoms with van der Waals surface area (Å²) in [7, 11) is 0. The van der Waals surface area contributed by atoms with Gasteiger partial charge in [0.2, 0.25) is 0 Å². The number of anilines is 3. The van der Waals surface area contributed by atoms with Gasteiger partial charge in [-0.05, 0) is 62.6 Å². The van der Waals surface area contributed by atoms with Crippen molar-refractivity contribution in [3.05, 3.63) is 63.3 Å². The molecule has 0 atom stereocenters. The molecule has 5 rings (SSSR count). The Labute approximate surface area is 230 Å². The van der Waals surface area contributed by atoms with Crippen LogP contribution >= 0.6 is 11.3 Å². The fourth-order valence-corrected chi connectivity index (χ4v) is 5.07. The summed E-state index contributed by atoms with van der Waals surface area (Å²) in [6.07, 6.45) is 1.75. The molecular formula is C28H32N6O4S. The van der Waals surface area contributed by atoms with Crippen molar-refractivity contribution < 1.29 is 14.3 Å². The first-order chi connectivity index (χ1) is 18.7. The first kappa shape index (κ1) is 26.6. The summed E-state index contributed by atoms with van der Waals surface area (Å²) < 4.78 is 10.7. The molecule has 204 valence electrons. The Morgan fingerprint density at radius 2 is 1.90 bits per heavy atom. The molecule has 4 aromatic rings. The molecule has 0 unspecified atom stereocenters. The molecule has 1 aliphatic rings. The molecule has 0 radical (unpaired) electrons. The molecule has 39 heavy (non-hydrogen) atoms. The Kier molecular flexibility index (Phi) is 7.80. The second-order valence-electron chi connectivity index (χ2n) is 10.2. The summed E-state index contributed by atoms with van der Waals surface area (Å²) in [6.45, 7) is 9.07. The number of alkyl carbamates (subject to hydrolysis) is 1. The van der Waals surface area contributed by atoms with Gasteiger partial charge in [0.05, 0.1) is 35.0 Å². The molecule has 4 heterocycles. The Bertz CT molecular complexity index is 1500. The Balaban J connectivity index is 1.34. The lowest BCUT2D eigenvalue weighted by atomic mass is 10.1. The van der Waals surface area contributed by atoms with Gasteiger partial charge >= 0.3 is 6.09 Å². The molecule has 1 aliphatic heterocycles. The number of nitrogens with zero attached hydrogens (tertiary/aromatic N) is 3. The molecule has 11 heteroatoms. The first-order valence-electron chi connectivity index (χ1n) is 12.9. The normalized spacial score (nSPS) is 13.9. The maximum absolute atomic E-state index is 12.7. The van der Waals surface area contributed by atoms with Gasteiger partial charge in [0, 0.05) is 49.0 Å². The number of thiazole rings is 1. The number of fused-ring (bicyclic) bond motifs is 1. The average Bonchev–Trinajstić information content (AvgIpc) is 3.37. The van der Waals surface area contributed by atoms with Crippen LogP contribution in [-0.2, 0) is 15.9 Å². The highest BCUT2D eigenvalue weighted by Crippen LogP contribution is 2.29. The summed E-state index contributed by atoms with van der Waals surface area (Å²) in [5, 5.41) is 10.1. The van der Waals surface area contributed by atoms with E-state index in [0.29, 0.717) is 35.6 Å². The van der Waals surface area contributed by atoms with Gasteiger partial charge in [0.25, 0.3) is 5.56 Å². The minimum Gasteiger partial charge on any atom is -0.444 e. The van der Waals surface area contributed by atoms with Gasteiger partial charge in [0.1, 0.15) is 11.4 Å². The molecule has 1 aromatic carbocycles. The highest BCUT2D eigenvalue weighted by Gasteiger charge is 2.17. The van der Waals surface area contributed by atoms with Crippen LogP contribution in [-0.4, -0.2) is 59.5 Å². The van der Waals surface area contributed by atoms with Crippen molar-refractivity contribution in [1.82, 2.24) is 20.3 Å². The second kappa shape index (κ2) is 11.4. The predicted octanol–water partition coefficient (Wildman–Crippen LogP) is 4.69. The van der Waals surface area contributed by atoms with Crippen LogP contribution in [0.2, 0.25) is 0 Å². The van der Waals surface area contributed by atoms with E-state index < -0.39 is 11.7 Å². The van der Waals surface area contributed by atoms with Crippen LogP contribution in [0, 0.1) is 0 Å². The van der Waals surface area contributed by atoms with Crippen molar-refractivity contribution in [3.8, 4) is 11.4 Å². The van der Waals surface area contributed by atoms with E-state index in [1.807, 2.05) is 50.4 Å². The van der Waals surface area contributed by atoms with Crippen LogP contribution in [0.15, 0.2) is 52.8 Å². The summed E-state index contributed by atoms with van der Waals surface area (Å²) in [5.74, 6) is 0.463. The standard InChI is InChI=1S/C28H32N6O4S/c1-28(2,3)38-27(36)30-11-9-23-32-22(17-39-23)21-16-18-8-10-29-26(35)24(18)25(33-21)31-19-4-6-20(7-5-19)34-12-14-37-15-13-34/h4-8,10,16-17H,9,11-15H2,1-3H3,(H,29,35)(H,30,36)(H,31,33). The van der Waals surface area contributed by atoms with Crippen LogP contribution < -0.4 is 21.1 Å². The smallest absolute Gasteiger partial charge is 0.407 e. The third-order valence-corrected chi connectivity index (χ3v) is 6.99. The van der Waals surface area contributed by atoms with Crippen LogP contribution in [0.1, 0.15) is 25.8 Å². The molecule has 3 aromatic heterocycles. The quantitative estimate of drug-likeness (QED) is 0.304. The zero-order valence-corrected chi connectivity index (χ0v) is 23.1. The molecule has 0 bridgehead atoms. The van der Waals surface area contributed by atoms with E-state index in [1.165, 1.54) is 11.3 Å². The molecule has 0 aliphatic carbocycles. The molecule has 10 nitrogen and oxygen atoms in total. The number of morpholine rings is 1. The molecule has 0 saturated carbocycles. The number of hydrogen-bond acceptors (Lipinski definition) is 9. The van der Waals surface area contributed by atoms with Gasteiger partial charge in [-0.1, -0.05) is 0 Å². The number of benzene rings is 1. The van der Waals surface area contributed by atoms with Gasteiger partial charge in [-0.3, -0.25) is 4.79 Å². The first-order valence-corrected chi connectivity index (χ1v) is 13.8. The minimum atomic E-state index is -0.543. The van der Waals surface area contributed by atoms with Crippen molar-refractivity contribution in [2.45, 2.75) is 32.8 Å². The van der Waals surface area contributed by atoms with Gasteiger partial charge in [-0.25, -0.2) is 14.8 Å². The maximum Gasteiger partial charge on any atom is 0.407 e. The average molecular weight is 549 g/mol. The number of H-pyrrole nitrogens is 1. The number of amides is 1. The third kappa shape index (κ3) is 6.73. The lowest BCUT2D eigenvalue weighted by Gasteiger charge is -2.28. The summed E-state index contributed by atoms with van der Waals surface area (Å²) in [4.78, 5) is 39.2. The van der Waals surface area contributed by atoms with E-state index >= 15 is 0 Å². The number of pyridine rings is 2. The molecular weight excluding hydrogens is 516 g/mol. The zero-order valence-electron chi connectivity index (χ0n) is 22.2. The Morgan fingerprint density at radius 1 is 1.13 bits per heavy atom. The van der Waals surface area contributed by atoms with Crippen molar-refractivity contribution in [1.29, 1.82) is 0 Å². The predicted molar refractivity (Wildman–Crippen MR) is 154 cm³/mol. The zero-order chi connectivity index (χ0) is 27.4. The minimum absolute atomic E-state index is 0.217. The summed E-state index contributed by atoms with van der Waals surface area (Å²) in [5.41, 5.74) is 2.56. The Hall–Kier alpha value is -3.96. The second-order valence-corrected chi connectivity index (χ2v) is 11.1. The van der Waals surface area contributed by atoms with Gasteiger partial charge < -0.3 is 30.0 Å². The Morgan fingerprint density at radius 3 is 2.64 bits per heavy atom. The third-order valence-electron chi connectivity index (χ3n) is 6.08. The highest BCUT2D eigenvalue weighted by atomic mass is 32.1. The fraction of sp³-hybridized carbons (Fsp3) is 0.357. The SMILES string of the molecule is CC(C)(C)OC(=O)NCCc1nc(-c2cc3cc[nH]c(=O)c3c(Nc3ccc(N4CCOCC4)cc3)n2)cs1.